The van der Waals surface area contributed by atoms with Crippen LogP contribution in [-0.4, -0.2) is 5.78 Å². The molecule has 0 N–H and O–H groups in total. The van der Waals surface area contributed by atoms with Crippen molar-refractivity contribution in [1.82, 2.24) is 0 Å². The molecule has 3 aliphatic carbocycles. The second kappa shape index (κ2) is 2.34. The van der Waals surface area contributed by atoms with Crippen LogP contribution in [-0.2, 0) is 4.79 Å². The van der Waals surface area contributed by atoms with Gasteiger partial charge in [-0.25, -0.2) is 0 Å². The third-order valence-electron chi connectivity index (χ3n) is 4.14. The highest BCUT2D eigenvalue weighted by molar-refractivity contribution is 5.97. The molecule has 0 aliphatic heterocycles. The lowest BCUT2D eigenvalue weighted by Crippen LogP contribution is -2.36. The minimum absolute atomic E-state index is 0.0226. The number of allylic oxidation sites excluding steroid dienone is 4. The molecule has 0 radical (unpaired) electrons. The van der Waals surface area contributed by atoms with Gasteiger partial charge in [0.15, 0.2) is 5.78 Å². The highest BCUT2D eigenvalue weighted by atomic mass is 16.1. The van der Waals surface area contributed by atoms with Crippen molar-refractivity contribution in [3.63, 3.8) is 0 Å². The molecule has 1 saturated carbocycles. The minimum Gasteiger partial charge on any atom is -0.294 e. The molecule has 1 spiro atoms. The van der Waals surface area contributed by atoms with E-state index in [9.17, 15) is 4.79 Å². The number of hydrogen-bond donors (Lipinski definition) is 0. The average Bonchev–Trinajstić information content (AvgIpc) is 2.67. The first-order valence-corrected chi connectivity index (χ1v) is 5.23. The van der Waals surface area contributed by atoms with Gasteiger partial charge in [-0.2, -0.15) is 0 Å². The highest BCUT2D eigenvalue weighted by Gasteiger charge is 2.55. The number of hydrogen-bond acceptors (Lipinski definition) is 1. The topological polar surface area (TPSA) is 17.1 Å². The maximum atomic E-state index is 12.0. The monoisotopic (exact) mass is 174 g/mol. The van der Waals surface area contributed by atoms with Crippen molar-refractivity contribution in [1.29, 1.82) is 0 Å². The Labute approximate surface area is 78.5 Å². The molecule has 2 bridgehead atoms. The Morgan fingerprint density at radius 2 is 1.92 bits per heavy atom. The zero-order chi connectivity index (χ0) is 8.89. The zero-order valence-electron chi connectivity index (χ0n) is 7.70. The summed E-state index contributed by atoms with van der Waals surface area (Å²) in [7, 11) is 0. The van der Waals surface area contributed by atoms with E-state index in [2.05, 4.69) is 12.2 Å². The van der Waals surface area contributed by atoms with E-state index in [0.717, 1.165) is 12.8 Å². The average molecular weight is 174 g/mol. The number of rotatable bonds is 0. The third kappa shape index (κ3) is 0.756. The molecule has 0 aromatic rings. The first-order valence-electron chi connectivity index (χ1n) is 5.23. The molecular weight excluding hydrogens is 160 g/mol. The second-order valence-electron chi connectivity index (χ2n) is 4.52. The van der Waals surface area contributed by atoms with E-state index >= 15 is 0 Å². The summed E-state index contributed by atoms with van der Waals surface area (Å²) in [4.78, 5) is 12.0. The lowest BCUT2D eigenvalue weighted by Gasteiger charge is -2.33. The maximum absolute atomic E-state index is 12.0. The lowest BCUT2D eigenvalue weighted by atomic mass is 9.67. The summed E-state index contributed by atoms with van der Waals surface area (Å²) >= 11 is 0. The van der Waals surface area contributed by atoms with Crippen LogP contribution in [0.15, 0.2) is 24.3 Å². The summed E-state index contributed by atoms with van der Waals surface area (Å²) < 4.78 is 0. The van der Waals surface area contributed by atoms with Gasteiger partial charge in [-0.15, -0.1) is 0 Å². The molecule has 13 heavy (non-hydrogen) atoms. The van der Waals surface area contributed by atoms with Crippen LogP contribution in [0.4, 0.5) is 0 Å². The van der Waals surface area contributed by atoms with Crippen molar-refractivity contribution >= 4 is 5.78 Å². The number of carbonyl (C=O) groups excluding carboxylic acids is 1. The quantitative estimate of drug-likeness (QED) is 0.516. The summed E-state index contributed by atoms with van der Waals surface area (Å²) in [6, 6.07) is 0. The molecule has 3 rings (SSSR count). The van der Waals surface area contributed by atoms with Gasteiger partial charge in [0.05, 0.1) is 0 Å². The van der Waals surface area contributed by atoms with Crippen LogP contribution < -0.4 is 0 Å². The van der Waals surface area contributed by atoms with E-state index in [1.807, 2.05) is 12.2 Å². The molecular formula is C12H14O. The molecule has 3 atom stereocenters. The lowest BCUT2D eigenvalue weighted by molar-refractivity contribution is -0.127. The molecule has 1 nitrogen and oxygen atoms in total. The largest absolute Gasteiger partial charge is 0.294 e. The smallest absolute Gasteiger partial charge is 0.162 e. The van der Waals surface area contributed by atoms with Crippen LogP contribution >= 0.6 is 0 Å². The van der Waals surface area contributed by atoms with Crippen molar-refractivity contribution in [2.75, 3.05) is 0 Å². The summed E-state index contributed by atoms with van der Waals surface area (Å²) in [5.41, 5.74) is 0.0226. The Kier molecular flexibility index (Phi) is 1.36. The summed E-state index contributed by atoms with van der Waals surface area (Å²) in [6.45, 7) is 0. The zero-order valence-corrected chi connectivity index (χ0v) is 7.70. The van der Waals surface area contributed by atoms with Crippen molar-refractivity contribution in [3.8, 4) is 0 Å². The normalized spacial score (nSPS) is 46.6. The van der Waals surface area contributed by atoms with Gasteiger partial charge < -0.3 is 0 Å². The summed E-state index contributed by atoms with van der Waals surface area (Å²) in [6.07, 6.45) is 13.1. The van der Waals surface area contributed by atoms with E-state index < -0.39 is 0 Å². The van der Waals surface area contributed by atoms with Gasteiger partial charge in [-0.05, 0) is 43.6 Å². The van der Waals surface area contributed by atoms with Gasteiger partial charge in [0.1, 0.15) is 0 Å². The van der Waals surface area contributed by atoms with E-state index in [1.165, 1.54) is 12.8 Å². The van der Waals surface area contributed by atoms with Crippen LogP contribution in [0.25, 0.3) is 0 Å². The fourth-order valence-electron chi connectivity index (χ4n) is 3.48. The van der Waals surface area contributed by atoms with Crippen LogP contribution in [0.2, 0.25) is 0 Å². The molecule has 3 aliphatic rings. The maximum Gasteiger partial charge on any atom is 0.162 e. The molecule has 0 aromatic heterocycles. The van der Waals surface area contributed by atoms with Gasteiger partial charge in [0.2, 0.25) is 0 Å². The van der Waals surface area contributed by atoms with Gasteiger partial charge in [0, 0.05) is 5.41 Å². The van der Waals surface area contributed by atoms with Crippen molar-refractivity contribution in [2.45, 2.75) is 25.7 Å². The standard InChI is InChI=1S/C12H14O/c13-11-3-1-2-8-12(11)9-4-5-10(12)7-6-9/h1,3-5,9-10H,2,6-8H2/t9-,10+,12?. The summed E-state index contributed by atoms with van der Waals surface area (Å²) in [5.74, 6) is 1.53. The van der Waals surface area contributed by atoms with E-state index in [4.69, 9.17) is 0 Å². The fourth-order valence-corrected chi connectivity index (χ4v) is 3.48. The molecule has 0 heterocycles. The van der Waals surface area contributed by atoms with E-state index in [1.54, 1.807) is 0 Å². The van der Waals surface area contributed by atoms with Gasteiger partial charge in [-0.3, -0.25) is 4.79 Å². The molecule has 1 fully saturated rings. The predicted octanol–water partition coefficient (Wildman–Crippen LogP) is 2.49. The Morgan fingerprint density at radius 3 is 2.46 bits per heavy atom. The van der Waals surface area contributed by atoms with E-state index in [-0.39, 0.29) is 5.41 Å². The SMILES string of the molecule is O=C1C=CCCC12[C@@H]1C=C[C@H]2CC1. The van der Waals surface area contributed by atoms with Gasteiger partial charge in [-0.1, -0.05) is 18.2 Å². The van der Waals surface area contributed by atoms with Crippen LogP contribution in [0.5, 0.6) is 0 Å². The molecule has 0 aromatic carbocycles. The van der Waals surface area contributed by atoms with Crippen molar-refractivity contribution in [2.24, 2.45) is 17.3 Å². The first kappa shape index (κ1) is 7.54. The number of carbonyl (C=O) groups is 1. The van der Waals surface area contributed by atoms with Crippen LogP contribution in [0.1, 0.15) is 25.7 Å². The van der Waals surface area contributed by atoms with Crippen molar-refractivity contribution in [3.05, 3.63) is 24.3 Å². The third-order valence-corrected chi connectivity index (χ3v) is 4.14. The van der Waals surface area contributed by atoms with Crippen molar-refractivity contribution < 1.29 is 4.79 Å². The van der Waals surface area contributed by atoms with E-state index in [0.29, 0.717) is 17.6 Å². The first-order chi connectivity index (χ1) is 6.34. The van der Waals surface area contributed by atoms with Gasteiger partial charge in [0.25, 0.3) is 0 Å². The Morgan fingerprint density at radius 1 is 1.23 bits per heavy atom. The highest BCUT2D eigenvalue weighted by Crippen LogP contribution is 2.58. The Bertz CT molecular complexity index is 297. The fraction of sp³-hybridized carbons (Fsp3) is 0.583. The molecule has 0 saturated heterocycles. The molecule has 1 unspecified atom stereocenters. The Hall–Kier alpha value is -0.850. The predicted molar refractivity (Wildman–Crippen MR) is 51.2 cm³/mol. The van der Waals surface area contributed by atoms with Gasteiger partial charge >= 0.3 is 0 Å². The van der Waals surface area contributed by atoms with Crippen LogP contribution in [0.3, 0.4) is 0 Å². The number of ketones is 1. The second-order valence-corrected chi connectivity index (χ2v) is 4.52. The minimum atomic E-state index is 0.0226. The van der Waals surface area contributed by atoms with Crippen LogP contribution in [0, 0.1) is 17.3 Å². The molecule has 68 valence electrons. The molecule has 0 amide bonds. The Balaban J connectivity index is 2.07. The molecule has 1 heteroatoms. The summed E-state index contributed by atoms with van der Waals surface area (Å²) in [5, 5.41) is 0.